The topological polar surface area (TPSA) is 20.2 Å². The summed E-state index contributed by atoms with van der Waals surface area (Å²) in [6.07, 6.45) is 0. The van der Waals surface area contributed by atoms with Gasteiger partial charge in [0.05, 0.1) is 0 Å². The molecule has 2 rings (SSSR count). The van der Waals surface area contributed by atoms with E-state index in [1.54, 1.807) is 0 Å². The van der Waals surface area contributed by atoms with E-state index in [0.29, 0.717) is 5.75 Å². The van der Waals surface area contributed by atoms with Gasteiger partial charge in [-0.3, -0.25) is 0 Å². The maximum Gasteiger partial charge on any atom is 0.123 e. The van der Waals surface area contributed by atoms with Crippen molar-refractivity contribution in [2.45, 2.75) is 86.0 Å². The lowest BCUT2D eigenvalue weighted by Crippen LogP contribution is -2.16. The van der Waals surface area contributed by atoms with Crippen LogP contribution in [0, 0.1) is 20.8 Å². The van der Waals surface area contributed by atoms with Gasteiger partial charge in [0.2, 0.25) is 0 Å². The van der Waals surface area contributed by atoms with Crippen LogP contribution in [0.5, 0.6) is 5.75 Å². The van der Waals surface area contributed by atoms with Gasteiger partial charge in [-0.05, 0) is 53.9 Å². The Balaban J connectivity index is 2.70. The summed E-state index contributed by atoms with van der Waals surface area (Å²) in [5.74, 6) is 0.603. The van der Waals surface area contributed by atoms with Gasteiger partial charge in [-0.2, -0.15) is 0 Å². The van der Waals surface area contributed by atoms with Gasteiger partial charge in [0.25, 0.3) is 0 Å². The van der Waals surface area contributed by atoms with Gasteiger partial charge in [-0.15, -0.1) is 0 Å². The van der Waals surface area contributed by atoms with Crippen molar-refractivity contribution in [3.63, 3.8) is 0 Å². The smallest absolute Gasteiger partial charge is 0.123 e. The maximum atomic E-state index is 11.1. The third-order valence-corrected chi connectivity index (χ3v) is 5.42. The van der Waals surface area contributed by atoms with E-state index in [2.05, 4.69) is 93.5 Å². The molecule has 0 heterocycles. The summed E-state index contributed by atoms with van der Waals surface area (Å²) >= 11 is 0. The summed E-state index contributed by atoms with van der Waals surface area (Å²) in [4.78, 5) is 0. The van der Waals surface area contributed by atoms with E-state index in [9.17, 15) is 5.11 Å². The van der Waals surface area contributed by atoms with E-state index in [4.69, 9.17) is 0 Å². The molecule has 2 aromatic carbocycles. The molecule has 0 aromatic heterocycles. The second-order valence-corrected chi connectivity index (χ2v) is 10.00. The number of hydrogen-bond acceptors (Lipinski definition) is 1. The highest BCUT2D eigenvalue weighted by molar-refractivity contribution is 5.53. The largest absolute Gasteiger partial charge is 0.507 e. The third-order valence-electron chi connectivity index (χ3n) is 5.42. The Morgan fingerprint density at radius 3 is 1.58 bits per heavy atom. The van der Waals surface area contributed by atoms with Gasteiger partial charge in [0, 0.05) is 11.5 Å². The van der Waals surface area contributed by atoms with Crippen molar-refractivity contribution >= 4 is 0 Å². The molecular weight excluding hydrogens is 316 g/mol. The van der Waals surface area contributed by atoms with Crippen LogP contribution in [0.2, 0.25) is 0 Å². The quantitative estimate of drug-likeness (QED) is 0.613. The molecule has 0 saturated carbocycles. The standard InChI is InChI=1S/C25H36O/c1-15-11-19(18(4)21(13-15)24(5,6)7)17(3)20-12-16(2)14-22(23(20)26)25(8,9)10/h11-14,17,26H,1-10H3. The third kappa shape index (κ3) is 3.98. The average Bonchev–Trinajstić information content (AvgIpc) is 2.48. The van der Waals surface area contributed by atoms with Gasteiger partial charge >= 0.3 is 0 Å². The fourth-order valence-corrected chi connectivity index (χ4v) is 3.99. The minimum atomic E-state index is -0.0806. The lowest BCUT2D eigenvalue weighted by atomic mass is 9.77. The normalized spacial score (nSPS) is 13.8. The first-order valence-electron chi connectivity index (χ1n) is 9.69. The highest BCUT2D eigenvalue weighted by atomic mass is 16.3. The summed E-state index contributed by atoms with van der Waals surface area (Å²) in [6.45, 7) is 22.0. The first-order chi connectivity index (χ1) is 11.7. The molecule has 0 aliphatic heterocycles. The monoisotopic (exact) mass is 352 g/mol. The first kappa shape index (κ1) is 20.6. The van der Waals surface area contributed by atoms with Crippen LogP contribution in [-0.4, -0.2) is 5.11 Å². The van der Waals surface area contributed by atoms with Crippen LogP contribution in [0.15, 0.2) is 24.3 Å². The molecular formula is C25H36O. The molecule has 142 valence electrons. The fourth-order valence-electron chi connectivity index (χ4n) is 3.99. The van der Waals surface area contributed by atoms with E-state index >= 15 is 0 Å². The molecule has 1 N–H and O–H groups in total. The lowest BCUT2D eigenvalue weighted by molar-refractivity contribution is 0.438. The predicted octanol–water partition coefficient (Wildman–Crippen LogP) is 7.06. The summed E-state index contributed by atoms with van der Waals surface area (Å²) in [5, 5.41) is 11.1. The van der Waals surface area contributed by atoms with Crippen molar-refractivity contribution < 1.29 is 5.11 Å². The Labute approximate surface area is 160 Å². The van der Waals surface area contributed by atoms with E-state index < -0.39 is 0 Å². The zero-order valence-corrected chi connectivity index (χ0v) is 18.3. The van der Waals surface area contributed by atoms with Crippen molar-refractivity contribution in [3.05, 3.63) is 63.2 Å². The Kier molecular flexibility index (Phi) is 5.34. The molecule has 0 aliphatic rings. The highest BCUT2D eigenvalue weighted by Crippen LogP contribution is 2.41. The van der Waals surface area contributed by atoms with Crippen LogP contribution in [0.1, 0.15) is 93.3 Å². The molecule has 0 spiro atoms. The minimum absolute atomic E-state index is 0.0806. The zero-order valence-electron chi connectivity index (χ0n) is 18.3. The Morgan fingerprint density at radius 2 is 1.12 bits per heavy atom. The van der Waals surface area contributed by atoms with Crippen molar-refractivity contribution in [1.82, 2.24) is 0 Å². The predicted molar refractivity (Wildman–Crippen MR) is 114 cm³/mol. The molecule has 1 heteroatoms. The van der Waals surface area contributed by atoms with Gasteiger partial charge in [-0.1, -0.05) is 83.9 Å². The van der Waals surface area contributed by atoms with Gasteiger partial charge in [-0.25, -0.2) is 0 Å². The molecule has 0 bridgehead atoms. The molecule has 1 unspecified atom stereocenters. The van der Waals surface area contributed by atoms with Crippen LogP contribution < -0.4 is 0 Å². The van der Waals surface area contributed by atoms with Crippen LogP contribution in [0.4, 0.5) is 0 Å². The van der Waals surface area contributed by atoms with E-state index in [1.165, 1.54) is 27.8 Å². The molecule has 1 nitrogen and oxygen atoms in total. The summed E-state index contributed by atoms with van der Waals surface area (Å²) in [6, 6.07) is 8.86. The maximum absolute atomic E-state index is 11.1. The van der Waals surface area contributed by atoms with Crippen molar-refractivity contribution in [2.24, 2.45) is 0 Å². The molecule has 0 amide bonds. The molecule has 0 saturated heterocycles. The molecule has 0 fully saturated rings. The van der Waals surface area contributed by atoms with E-state index in [1.807, 2.05) is 0 Å². The number of phenolic OH excluding ortho intramolecular Hbond substituents is 1. The van der Waals surface area contributed by atoms with Gasteiger partial charge in [0.15, 0.2) is 0 Å². The first-order valence-corrected chi connectivity index (χ1v) is 9.69. The zero-order chi connectivity index (χ0) is 20.0. The van der Waals surface area contributed by atoms with Crippen LogP contribution >= 0.6 is 0 Å². The Bertz CT molecular complexity index is 744. The number of hydrogen-bond donors (Lipinski definition) is 1. The van der Waals surface area contributed by atoms with Gasteiger partial charge < -0.3 is 5.11 Å². The second kappa shape index (κ2) is 6.76. The van der Waals surface area contributed by atoms with Crippen molar-refractivity contribution in [2.75, 3.05) is 0 Å². The van der Waals surface area contributed by atoms with Crippen LogP contribution in [0.25, 0.3) is 0 Å². The van der Waals surface area contributed by atoms with E-state index in [-0.39, 0.29) is 16.7 Å². The molecule has 0 radical (unpaired) electrons. The number of benzene rings is 2. The lowest BCUT2D eigenvalue weighted by Gasteiger charge is -2.28. The second-order valence-electron chi connectivity index (χ2n) is 10.00. The minimum Gasteiger partial charge on any atom is -0.507 e. The number of aryl methyl sites for hydroxylation is 2. The molecule has 26 heavy (non-hydrogen) atoms. The van der Waals surface area contributed by atoms with Gasteiger partial charge in [0.1, 0.15) is 5.75 Å². The fraction of sp³-hybridized carbons (Fsp3) is 0.520. The number of phenols is 1. The molecule has 1 atom stereocenters. The Morgan fingerprint density at radius 1 is 0.692 bits per heavy atom. The molecule has 2 aromatic rings. The number of aromatic hydroxyl groups is 1. The summed E-state index contributed by atoms with van der Waals surface area (Å²) in [5.41, 5.74) is 8.62. The molecule has 0 aliphatic carbocycles. The SMILES string of the molecule is Cc1cc(C(C)c2cc(C)cc(C(C)(C)C)c2O)c(C)c(C(C)(C)C)c1. The Hall–Kier alpha value is -1.76. The van der Waals surface area contributed by atoms with Crippen molar-refractivity contribution in [3.8, 4) is 5.75 Å². The van der Waals surface area contributed by atoms with Crippen LogP contribution in [-0.2, 0) is 10.8 Å². The average molecular weight is 353 g/mol. The summed E-state index contributed by atoms with van der Waals surface area (Å²) < 4.78 is 0. The number of rotatable bonds is 2. The van der Waals surface area contributed by atoms with E-state index in [0.717, 1.165) is 11.1 Å². The summed E-state index contributed by atoms with van der Waals surface area (Å²) in [7, 11) is 0. The highest BCUT2D eigenvalue weighted by Gasteiger charge is 2.26. The van der Waals surface area contributed by atoms with Crippen molar-refractivity contribution in [1.29, 1.82) is 0 Å². The van der Waals surface area contributed by atoms with Crippen LogP contribution in [0.3, 0.4) is 0 Å².